The molecule has 1 aromatic carbocycles. The summed E-state index contributed by atoms with van der Waals surface area (Å²) in [5.41, 5.74) is 4.13. The summed E-state index contributed by atoms with van der Waals surface area (Å²) in [6.07, 6.45) is 1.80. The van der Waals surface area contributed by atoms with Crippen molar-refractivity contribution in [3.63, 3.8) is 0 Å². The normalized spacial score (nSPS) is 27.0. The smallest absolute Gasteiger partial charge is 0.0609 e. The SMILES string of the molecule is Cc1cccc2c1C(C)C(O)CC2. The largest absolute Gasteiger partial charge is 0.392 e. The van der Waals surface area contributed by atoms with Gasteiger partial charge in [0.2, 0.25) is 0 Å². The average Bonchev–Trinajstić information content (AvgIpc) is 2.12. The molecular formula is C12H16O. The fourth-order valence-electron chi connectivity index (χ4n) is 2.36. The van der Waals surface area contributed by atoms with E-state index in [1.807, 2.05) is 0 Å². The van der Waals surface area contributed by atoms with Crippen LogP contribution in [0.5, 0.6) is 0 Å². The van der Waals surface area contributed by atoms with Crippen molar-refractivity contribution in [3.05, 3.63) is 34.9 Å². The zero-order chi connectivity index (χ0) is 9.42. The molecule has 0 aliphatic heterocycles. The van der Waals surface area contributed by atoms with Crippen LogP contribution in [-0.4, -0.2) is 11.2 Å². The van der Waals surface area contributed by atoms with Crippen molar-refractivity contribution in [1.29, 1.82) is 0 Å². The zero-order valence-corrected chi connectivity index (χ0v) is 8.25. The molecule has 1 N–H and O–H groups in total. The first-order chi connectivity index (χ1) is 6.20. The molecule has 0 amide bonds. The lowest BCUT2D eigenvalue weighted by atomic mass is 9.80. The Balaban J connectivity index is 2.51. The molecule has 0 aromatic heterocycles. The summed E-state index contributed by atoms with van der Waals surface area (Å²) >= 11 is 0. The van der Waals surface area contributed by atoms with Crippen molar-refractivity contribution in [2.45, 2.75) is 38.7 Å². The molecule has 1 aromatic rings. The molecule has 0 fully saturated rings. The highest BCUT2D eigenvalue weighted by Crippen LogP contribution is 2.33. The topological polar surface area (TPSA) is 20.2 Å². The Labute approximate surface area is 79.4 Å². The summed E-state index contributed by atoms with van der Waals surface area (Å²) in [7, 11) is 0. The molecule has 0 bridgehead atoms. The molecule has 0 radical (unpaired) electrons. The number of aliphatic hydroxyl groups excluding tert-OH is 1. The quantitative estimate of drug-likeness (QED) is 0.643. The lowest BCUT2D eigenvalue weighted by Gasteiger charge is -2.29. The first-order valence-electron chi connectivity index (χ1n) is 4.96. The Morgan fingerprint density at radius 2 is 2.15 bits per heavy atom. The van der Waals surface area contributed by atoms with E-state index in [-0.39, 0.29) is 6.10 Å². The maximum atomic E-state index is 9.75. The Kier molecular flexibility index (Phi) is 2.12. The molecule has 2 atom stereocenters. The van der Waals surface area contributed by atoms with Gasteiger partial charge in [0.05, 0.1) is 6.10 Å². The van der Waals surface area contributed by atoms with Gasteiger partial charge in [-0.25, -0.2) is 0 Å². The van der Waals surface area contributed by atoms with Crippen LogP contribution in [-0.2, 0) is 6.42 Å². The number of fused-ring (bicyclic) bond motifs is 1. The predicted molar refractivity (Wildman–Crippen MR) is 53.9 cm³/mol. The van der Waals surface area contributed by atoms with E-state index in [4.69, 9.17) is 0 Å². The van der Waals surface area contributed by atoms with E-state index in [1.54, 1.807) is 0 Å². The summed E-state index contributed by atoms with van der Waals surface area (Å²) in [6, 6.07) is 6.43. The fourth-order valence-corrected chi connectivity index (χ4v) is 2.36. The number of hydrogen-bond acceptors (Lipinski definition) is 1. The van der Waals surface area contributed by atoms with Crippen LogP contribution in [0.1, 0.15) is 36.0 Å². The molecule has 13 heavy (non-hydrogen) atoms. The van der Waals surface area contributed by atoms with Crippen LogP contribution in [0.25, 0.3) is 0 Å². The van der Waals surface area contributed by atoms with Crippen LogP contribution in [0.15, 0.2) is 18.2 Å². The summed E-state index contributed by atoms with van der Waals surface area (Å²) in [6.45, 7) is 4.25. The monoisotopic (exact) mass is 176 g/mol. The van der Waals surface area contributed by atoms with Crippen LogP contribution >= 0.6 is 0 Å². The van der Waals surface area contributed by atoms with Crippen molar-refractivity contribution < 1.29 is 5.11 Å². The third-order valence-electron chi connectivity index (χ3n) is 3.16. The van der Waals surface area contributed by atoms with Crippen LogP contribution in [0.4, 0.5) is 0 Å². The number of aryl methyl sites for hydroxylation is 2. The first-order valence-corrected chi connectivity index (χ1v) is 4.96. The van der Waals surface area contributed by atoms with Gasteiger partial charge in [-0.2, -0.15) is 0 Å². The molecule has 0 saturated heterocycles. The van der Waals surface area contributed by atoms with Gasteiger partial charge in [0.15, 0.2) is 0 Å². The van der Waals surface area contributed by atoms with Crippen LogP contribution in [0, 0.1) is 6.92 Å². The summed E-state index contributed by atoms with van der Waals surface area (Å²) < 4.78 is 0. The lowest BCUT2D eigenvalue weighted by Crippen LogP contribution is -2.23. The third kappa shape index (κ3) is 1.37. The second-order valence-corrected chi connectivity index (χ2v) is 4.04. The van der Waals surface area contributed by atoms with E-state index in [9.17, 15) is 5.11 Å². The van der Waals surface area contributed by atoms with Crippen LogP contribution in [0.3, 0.4) is 0 Å². The molecular weight excluding hydrogens is 160 g/mol. The Morgan fingerprint density at radius 1 is 1.38 bits per heavy atom. The van der Waals surface area contributed by atoms with Gasteiger partial charge in [0.25, 0.3) is 0 Å². The average molecular weight is 176 g/mol. The maximum absolute atomic E-state index is 9.75. The van der Waals surface area contributed by atoms with Crippen molar-refractivity contribution in [3.8, 4) is 0 Å². The number of hydrogen-bond donors (Lipinski definition) is 1. The van der Waals surface area contributed by atoms with E-state index < -0.39 is 0 Å². The van der Waals surface area contributed by atoms with Crippen molar-refractivity contribution in [1.82, 2.24) is 0 Å². The van der Waals surface area contributed by atoms with Gasteiger partial charge in [-0.1, -0.05) is 25.1 Å². The van der Waals surface area contributed by atoms with Gasteiger partial charge in [0, 0.05) is 5.92 Å². The molecule has 70 valence electrons. The number of rotatable bonds is 0. The minimum atomic E-state index is -0.145. The summed E-state index contributed by atoms with van der Waals surface area (Å²) in [5.74, 6) is 0.310. The third-order valence-corrected chi connectivity index (χ3v) is 3.16. The molecule has 0 spiro atoms. The summed E-state index contributed by atoms with van der Waals surface area (Å²) in [4.78, 5) is 0. The second kappa shape index (κ2) is 3.15. The number of benzene rings is 1. The fraction of sp³-hybridized carbons (Fsp3) is 0.500. The zero-order valence-electron chi connectivity index (χ0n) is 8.25. The highest BCUT2D eigenvalue weighted by atomic mass is 16.3. The van der Waals surface area contributed by atoms with Crippen LogP contribution in [0.2, 0.25) is 0 Å². The summed E-state index contributed by atoms with van der Waals surface area (Å²) in [5, 5.41) is 9.75. The Bertz CT molecular complexity index is 317. The molecule has 2 unspecified atom stereocenters. The molecule has 0 heterocycles. The molecule has 1 aliphatic carbocycles. The van der Waals surface area contributed by atoms with E-state index in [0.29, 0.717) is 5.92 Å². The second-order valence-electron chi connectivity index (χ2n) is 4.04. The van der Waals surface area contributed by atoms with Gasteiger partial charge in [-0.15, -0.1) is 0 Å². The van der Waals surface area contributed by atoms with Crippen molar-refractivity contribution >= 4 is 0 Å². The van der Waals surface area contributed by atoms with Gasteiger partial charge < -0.3 is 5.11 Å². The molecule has 2 rings (SSSR count). The van der Waals surface area contributed by atoms with E-state index in [0.717, 1.165) is 12.8 Å². The van der Waals surface area contributed by atoms with Gasteiger partial charge in [0.1, 0.15) is 0 Å². The number of aliphatic hydroxyl groups is 1. The minimum Gasteiger partial charge on any atom is -0.392 e. The van der Waals surface area contributed by atoms with Gasteiger partial charge >= 0.3 is 0 Å². The van der Waals surface area contributed by atoms with Gasteiger partial charge in [-0.05, 0) is 36.5 Å². The highest BCUT2D eigenvalue weighted by Gasteiger charge is 2.25. The molecule has 1 nitrogen and oxygen atoms in total. The van der Waals surface area contributed by atoms with Crippen molar-refractivity contribution in [2.24, 2.45) is 0 Å². The highest BCUT2D eigenvalue weighted by molar-refractivity contribution is 5.39. The molecule has 1 aliphatic rings. The standard InChI is InChI=1S/C12H16O/c1-8-4-3-5-10-6-7-11(13)9(2)12(8)10/h3-5,9,11,13H,6-7H2,1-2H3. The van der Waals surface area contributed by atoms with E-state index in [2.05, 4.69) is 32.0 Å². The Morgan fingerprint density at radius 3 is 2.92 bits per heavy atom. The first kappa shape index (κ1) is 8.76. The molecule has 0 saturated carbocycles. The van der Waals surface area contributed by atoms with E-state index in [1.165, 1.54) is 16.7 Å². The lowest BCUT2D eigenvalue weighted by molar-refractivity contribution is 0.132. The van der Waals surface area contributed by atoms with Gasteiger partial charge in [-0.3, -0.25) is 0 Å². The predicted octanol–water partition coefficient (Wildman–Crippen LogP) is 2.41. The van der Waals surface area contributed by atoms with Crippen molar-refractivity contribution in [2.75, 3.05) is 0 Å². The minimum absolute atomic E-state index is 0.145. The Hall–Kier alpha value is -0.820. The van der Waals surface area contributed by atoms with Crippen LogP contribution < -0.4 is 0 Å². The van der Waals surface area contributed by atoms with E-state index >= 15 is 0 Å². The maximum Gasteiger partial charge on any atom is 0.0609 e. The molecule has 1 heteroatoms.